The van der Waals surface area contributed by atoms with Gasteiger partial charge in [-0.3, -0.25) is 9.80 Å². The summed E-state index contributed by atoms with van der Waals surface area (Å²) in [5.41, 5.74) is 1.08. The number of rotatable bonds is 4. The smallest absolute Gasteiger partial charge is 0.269 e. The van der Waals surface area contributed by atoms with E-state index in [1.165, 1.54) is 9.91 Å². The van der Waals surface area contributed by atoms with Gasteiger partial charge in [0.2, 0.25) is 6.41 Å². The molecular weight excluding hydrogens is 548 g/mol. The SMILES string of the molecule is C#C.CC(C)C.CN(C)C=O.Cc1ccc(CN(N)C2=NS(=O)N=C2Nc2ccc(Br)c(C)c2O)o1. The topological polar surface area (TPSA) is 137 Å². The number of amidine groups is 2. The molecule has 12 heteroatoms. The van der Waals surface area contributed by atoms with E-state index < -0.39 is 11.2 Å². The molecule has 1 aliphatic heterocycles. The Bertz CT molecular complexity index is 1090. The number of hydrogen-bond acceptors (Lipinski definition) is 7. The second kappa shape index (κ2) is 16.5. The fourth-order valence-electron chi connectivity index (χ4n) is 2.24. The molecule has 1 amide bonds. The minimum atomic E-state index is -1.78. The van der Waals surface area contributed by atoms with E-state index in [1.54, 1.807) is 39.2 Å². The maximum Gasteiger partial charge on any atom is 0.269 e. The first kappa shape index (κ1) is 32.9. The fourth-order valence-corrected chi connectivity index (χ4v) is 3.22. The average Bonchev–Trinajstić information content (AvgIpc) is 3.40. The Labute approximate surface area is 224 Å². The van der Waals surface area contributed by atoms with Crippen LogP contribution in [0.15, 0.2) is 42.0 Å². The van der Waals surface area contributed by atoms with Crippen molar-refractivity contribution < 1.29 is 18.5 Å². The molecule has 1 aromatic carbocycles. The average molecular weight is 584 g/mol. The van der Waals surface area contributed by atoms with Crippen LogP contribution in [0.3, 0.4) is 0 Å². The van der Waals surface area contributed by atoms with E-state index in [0.29, 0.717) is 17.0 Å². The van der Waals surface area contributed by atoms with Gasteiger partial charge in [-0.25, -0.2) is 10.1 Å². The third-order valence-corrected chi connectivity index (χ3v) is 5.30. The zero-order valence-corrected chi connectivity index (χ0v) is 24.1. The Morgan fingerprint density at radius 2 is 1.75 bits per heavy atom. The van der Waals surface area contributed by atoms with Gasteiger partial charge in [-0.2, -0.15) is 0 Å². The number of nitrogens with zero attached hydrogens (tertiary/aromatic N) is 4. The van der Waals surface area contributed by atoms with Gasteiger partial charge in [0.25, 0.3) is 11.2 Å². The number of phenolic OH excluding ortho intramolecular Hbond substituents is 1. The standard InChI is InChI=1S/C15H16BrN5O3S.C4H10.C3H7NO.C2H2/c1-8-3-4-10(24-8)7-21(17)15-14(19-25(23)20-15)18-12-6-5-11(16)9(2)13(12)22;1-4(2)3;1-4(2)3-5;1-2/h3-6,22H,7,17H2,1-2H3,(H,18,19);4H,1-3H3;3H,1-2H3;1-2H. The molecule has 1 aromatic heterocycles. The van der Waals surface area contributed by atoms with Crippen LogP contribution in [0, 0.1) is 32.6 Å². The lowest BCUT2D eigenvalue weighted by Crippen LogP contribution is -2.42. The van der Waals surface area contributed by atoms with Crippen LogP contribution in [0.25, 0.3) is 0 Å². The van der Waals surface area contributed by atoms with Crippen molar-refractivity contribution in [3.8, 4) is 18.6 Å². The van der Waals surface area contributed by atoms with Crippen LogP contribution < -0.4 is 11.2 Å². The monoisotopic (exact) mass is 582 g/mol. The third-order valence-electron chi connectivity index (χ3n) is 3.77. The van der Waals surface area contributed by atoms with Crippen LogP contribution in [0.2, 0.25) is 0 Å². The summed E-state index contributed by atoms with van der Waals surface area (Å²) in [7, 11) is 3.38. The second-order valence-corrected chi connectivity index (χ2v) is 9.90. The van der Waals surface area contributed by atoms with Gasteiger partial charge in [0, 0.05) is 24.1 Å². The number of halogens is 1. The number of carbonyl (C=O) groups is 1. The van der Waals surface area contributed by atoms with E-state index in [9.17, 15) is 14.1 Å². The Balaban J connectivity index is 0.000000947. The summed E-state index contributed by atoms with van der Waals surface area (Å²) in [6, 6.07) is 7.08. The van der Waals surface area contributed by atoms with E-state index in [-0.39, 0.29) is 24.0 Å². The van der Waals surface area contributed by atoms with Gasteiger partial charge in [-0.05, 0) is 44.0 Å². The zero-order valence-electron chi connectivity index (χ0n) is 21.7. The van der Waals surface area contributed by atoms with Gasteiger partial charge in [0.15, 0.2) is 11.7 Å². The number of phenols is 1. The first-order chi connectivity index (χ1) is 16.8. The predicted octanol–water partition coefficient (Wildman–Crippen LogP) is 4.16. The zero-order chi connectivity index (χ0) is 28.0. The van der Waals surface area contributed by atoms with Crippen LogP contribution in [0.5, 0.6) is 5.75 Å². The molecule has 198 valence electrons. The number of aromatic hydroxyl groups is 1. The molecule has 1 unspecified atom stereocenters. The molecule has 3 rings (SSSR count). The predicted molar refractivity (Wildman–Crippen MR) is 151 cm³/mol. The first-order valence-corrected chi connectivity index (χ1v) is 12.6. The molecule has 10 nitrogen and oxygen atoms in total. The van der Waals surface area contributed by atoms with Gasteiger partial charge < -0.3 is 19.7 Å². The van der Waals surface area contributed by atoms with Gasteiger partial charge >= 0.3 is 0 Å². The highest BCUT2D eigenvalue weighted by Crippen LogP contribution is 2.33. The van der Waals surface area contributed by atoms with Crippen molar-refractivity contribution in [3.05, 3.63) is 45.8 Å². The minimum Gasteiger partial charge on any atom is -0.505 e. The quantitative estimate of drug-likeness (QED) is 0.162. The van der Waals surface area contributed by atoms with Crippen molar-refractivity contribution in [3.63, 3.8) is 0 Å². The van der Waals surface area contributed by atoms with Crippen molar-refractivity contribution in [1.29, 1.82) is 0 Å². The van der Waals surface area contributed by atoms with Crippen molar-refractivity contribution >= 4 is 50.9 Å². The number of hydrogen-bond donors (Lipinski definition) is 3. The summed E-state index contributed by atoms with van der Waals surface area (Å²) in [5.74, 6) is 8.76. The Kier molecular flexibility index (Phi) is 15.1. The molecule has 0 fully saturated rings. The number of amides is 1. The van der Waals surface area contributed by atoms with Crippen LogP contribution in [-0.4, -0.2) is 51.4 Å². The number of hydrazine groups is 1. The van der Waals surface area contributed by atoms with Crippen molar-refractivity contribution in [1.82, 2.24) is 9.91 Å². The Morgan fingerprint density at radius 3 is 2.22 bits per heavy atom. The number of nitrogens with one attached hydrogen (secondary N) is 1. The first-order valence-electron chi connectivity index (χ1n) is 10.7. The molecule has 0 bridgehead atoms. The molecule has 36 heavy (non-hydrogen) atoms. The lowest BCUT2D eigenvalue weighted by molar-refractivity contribution is -0.115. The molecule has 1 aliphatic rings. The number of terminal acetylenes is 1. The summed E-state index contributed by atoms with van der Waals surface area (Å²) >= 11 is 1.57. The number of anilines is 1. The second-order valence-electron chi connectivity index (χ2n) is 8.22. The maximum absolute atomic E-state index is 11.7. The highest BCUT2D eigenvalue weighted by atomic mass is 79.9. The third kappa shape index (κ3) is 11.5. The highest BCUT2D eigenvalue weighted by Gasteiger charge is 2.25. The summed E-state index contributed by atoms with van der Waals surface area (Å²) in [6.45, 7) is 10.3. The summed E-state index contributed by atoms with van der Waals surface area (Å²) in [5, 5.41) is 14.5. The number of nitrogens with two attached hydrogens (primary N) is 1. The summed E-state index contributed by atoms with van der Waals surface area (Å²) < 4.78 is 25.9. The molecule has 0 radical (unpaired) electrons. The summed E-state index contributed by atoms with van der Waals surface area (Å²) in [6.07, 6.45) is 8.75. The molecule has 0 saturated carbocycles. The van der Waals surface area contributed by atoms with Crippen LogP contribution >= 0.6 is 15.9 Å². The van der Waals surface area contributed by atoms with Crippen LogP contribution in [-0.2, 0) is 22.5 Å². The number of aryl methyl sites for hydroxylation is 1. The van der Waals surface area contributed by atoms with Gasteiger partial charge in [0.05, 0.1) is 12.2 Å². The van der Waals surface area contributed by atoms with Gasteiger partial charge in [0.1, 0.15) is 17.3 Å². The Hall–Kier alpha value is -3.14. The van der Waals surface area contributed by atoms with E-state index in [4.69, 9.17) is 10.3 Å². The molecule has 0 spiro atoms. The van der Waals surface area contributed by atoms with E-state index >= 15 is 0 Å². The fraction of sp³-hybridized carbons (Fsp3) is 0.375. The van der Waals surface area contributed by atoms with E-state index in [0.717, 1.165) is 22.6 Å². The molecule has 1 atom stereocenters. The van der Waals surface area contributed by atoms with Crippen molar-refractivity contribution in [2.45, 2.75) is 41.2 Å². The van der Waals surface area contributed by atoms with Crippen molar-refractivity contribution in [2.24, 2.45) is 20.6 Å². The van der Waals surface area contributed by atoms with Crippen LogP contribution in [0.1, 0.15) is 37.9 Å². The molecule has 2 heterocycles. The lowest BCUT2D eigenvalue weighted by Gasteiger charge is -2.19. The Morgan fingerprint density at radius 1 is 1.19 bits per heavy atom. The van der Waals surface area contributed by atoms with Crippen LogP contribution in [0.4, 0.5) is 5.69 Å². The molecule has 0 saturated heterocycles. The van der Waals surface area contributed by atoms with Gasteiger partial charge in [-0.1, -0.05) is 36.7 Å². The maximum atomic E-state index is 11.7. The highest BCUT2D eigenvalue weighted by molar-refractivity contribution is 9.10. The molecular formula is C24H35BrN6O4S. The molecule has 4 N–H and O–H groups in total. The van der Waals surface area contributed by atoms with Gasteiger partial charge in [-0.15, -0.1) is 21.6 Å². The number of carbonyl (C=O) groups excluding carboxylic acids is 1. The van der Waals surface area contributed by atoms with E-state index in [1.807, 2.05) is 13.0 Å². The van der Waals surface area contributed by atoms with E-state index in [2.05, 4.69) is 63.7 Å². The largest absolute Gasteiger partial charge is 0.505 e. The molecule has 2 aromatic rings. The lowest BCUT2D eigenvalue weighted by atomic mass is 10.2. The minimum absolute atomic E-state index is 0.0549. The summed E-state index contributed by atoms with van der Waals surface area (Å²) in [4.78, 5) is 10.9. The molecule has 0 aliphatic carbocycles. The normalized spacial score (nSPS) is 13.5. The van der Waals surface area contributed by atoms with Crippen molar-refractivity contribution in [2.75, 3.05) is 19.4 Å². The number of furan rings is 1. The number of benzene rings is 1.